The van der Waals surface area contributed by atoms with Gasteiger partial charge in [0.15, 0.2) is 0 Å². The summed E-state index contributed by atoms with van der Waals surface area (Å²) >= 11 is 1.46. The van der Waals surface area contributed by atoms with Crippen molar-refractivity contribution in [3.8, 4) is 11.1 Å². The first-order valence-electron chi connectivity index (χ1n) is 12.9. The number of hydrogen-bond acceptors (Lipinski definition) is 0. The van der Waals surface area contributed by atoms with Gasteiger partial charge in [-0.15, -0.1) is 30.4 Å². The van der Waals surface area contributed by atoms with Crippen LogP contribution in [0.15, 0.2) is 121 Å². The number of hydrogen-bond donors (Lipinski definition) is 0. The van der Waals surface area contributed by atoms with Gasteiger partial charge in [-0.2, -0.15) is 41.5 Å². The molecule has 0 bridgehead atoms. The van der Waals surface area contributed by atoms with Crippen LogP contribution in [-0.2, 0) is 30.7 Å². The molecule has 6 rings (SSSR count). The first-order chi connectivity index (χ1) is 17.8. The van der Waals surface area contributed by atoms with E-state index in [9.17, 15) is 0 Å². The quantitative estimate of drug-likeness (QED) is 0.170. The van der Waals surface area contributed by atoms with Crippen LogP contribution in [0.2, 0.25) is 0 Å². The van der Waals surface area contributed by atoms with E-state index < -0.39 is 0 Å². The Hall–Kier alpha value is -2.31. The van der Waals surface area contributed by atoms with Crippen LogP contribution in [0.5, 0.6) is 0 Å². The summed E-state index contributed by atoms with van der Waals surface area (Å²) in [4.78, 5) is 0. The second kappa shape index (κ2) is 15.5. The van der Waals surface area contributed by atoms with Gasteiger partial charge < -0.3 is 0 Å². The molecule has 39 heavy (non-hydrogen) atoms. The summed E-state index contributed by atoms with van der Waals surface area (Å²) in [6, 6.07) is 39.2. The molecule has 4 aromatic rings. The minimum absolute atomic E-state index is 0. The van der Waals surface area contributed by atoms with E-state index in [0.717, 1.165) is 6.42 Å². The van der Waals surface area contributed by atoms with Gasteiger partial charge in [-0.1, -0.05) is 74.4 Å². The molecule has 0 spiro atoms. The second-order valence-corrected chi connectivity index (χ2v) is 11.7. The normalized spacial score (nSPS) is 14.1. The Kier molecular flexibility index (Phi) is 13.1. The molecule has 0 N–H and O–H groups in total. The van der Waals surface area contributed by atoms with Gasteiger partial charge in [0, 0.05) is 0 Å². The summed E-state index contributed by atoms with van der Waals surface area (Å²) in [5, 5.41) is 0. The second-order valence-electron chi connectivity index (χ2n) is 10.5. The van der Waals surface area contributed by atoms with Crippen LogP contribution in [0.3, 0.4) is 0 Å². The van der Waals surface area contributed by atoms with Crippen molar-refractivity contribution >= 4 is 28.0 Å². The first-order valence-corrected chi connectivity index (χ1v) is 14.1. The Bertz CT molecular complexity index is 1310. The Morgan fingerprint density at radius 3 is 1.79 bits per heavy atom. The maximum absolute atomic E-state index is 3.30. The Labute approximate surface area is 262 Å². The van der Waals surface area contributed by atoms with Crippen LogP contribution in [0, 0.1) is 23.5 Å². The number of allylic oxidation sites excluding steroid dienone is 4. The van der Waals surface area contributed by atoms with E-state index in [1.165, 1.54) is 66.4 Å². The fraction of sp³-hybridized carbons (Fsp3) is 0.194. The third-order valence-corrected chi connectivity index (χ3v) is 7.96. The first kappa shape index (κ1) is 32.9. The summed E-state index contributed by atoms with van der Waals surface area (Å²) < 4.78 is 1.42. The van der Waals surface area contributed by atoms with Crippen LogP contribution in [0.25, 0.3) is 11.1 Å². The van der Waals surface area contributed by atoms with Crippen molar-refractivity contribution in [1.82, 2.24) is 0 Å². The predicted molar refractivity (Wildman–Crippen MR) is 169 cm³/mol. The molecule has 2 aliphatic carbocycles. The molecule has 0 fully saturated rings. The van der Waals surface area contributed by atoms with Crippen molar-refractivity contribution in [3.05, 3.63) is 155 Å². The molecular weight excluding hydrogens is 595 g/mol. The maximum atomic E-state index is 3.30. The summed E-state index contributed by atoms with van der Waals surface area (Å²) in [5.74, 6) is 0.522. The van der Waals surface area contributed by atoms with Gasteiger partial charge in [0.1, 0.15) is 0 Å². The minimum atomic E-state index is 0. The van der Waals surface area contributed by atoms with E-state index in [1.54, 1.807) is 0 Å². The zero-order valence-corrected chi connectivity index (χ0v) is 27.2. The molecule has 0 saturated carbocycles. The third kappa shape index (κ3) is 9.11. The zero-order valence-electron chi connectivity index (χ0n) is 23.1. The molecule has 2 aliphatic rings. The zero-order chi connectivity index (χ0) is 26.3. The predicted octanol–water partition coefficient (Wildman–Crippen LogP) is 9.67. The van der Waals surface area contributed by atoms with E-state index in [-0.39, 0.29) is 24.8 Å². The van der Waals surface area contributed by atoms with E-state index in [0.29, 0.717) is 11.3 Å². The average molecular weight is 631 g/mol. The molecule has 1 atom stereocenters. The molecule has 0 amide bonds. The van der Waals surface area contributed by atoms with Crippen LogP contribution < -0.4 is 0 Å². The van der Waals surface area contributed by atoms with Crippen molar-refractivity contribution in [3.63, 3.8) is 0 Å². The van der Waals surface area contributed by atoms with E-state index >= 15 is 0 Å². The fourth-order valence-electron chi connectivity index (χ4n) is 4.43. The van der Waals surface area contributed by atoms with Gasteiger partial charge in [0.25, 0.3) is 0 Å². The SMILES string of the molecule is CC1[C-]=CC(C(C)(C)C)=C1.Cl.Cl.[Zr+2]=[C](c1ccccc1)c1ccccc1.[c-]1cccc2c1Cc1ccccc1-2. The van der Waals surface area contributed by atoms with E-state index in [4.69, 9.17) is 0 Å². The monoisotopic (exact) mass is 628 g/mol. The average Bonchev–Trinajstić information content (AvgIpc) is 3.54. The van der Waals surface area contributed by atoms with Gasteiger partial charge in [-0.25, -0.2) is 6.08 Å². The van der Waals surface area contributed by atoms with Gasteiger partial charge in [0.2, 0.25) is 0 Å². The summed E-state index contributed by atoms with van der Waals surface area (Å²) in [5.41, 5.74) is 9.89. The van der Waals surface area contributed by atoms with Crippen molar-refractivity contribution < 1.29 is 24.2 Å². The topological polar surface area (TPSA) is 0 Å². The Morgan fingerprint density at radius 1 is 0.744 bits per heavy atom. The molecule has 0 aliphatic heterocycles. The van der Waals surface area contributed by atoms with E-state index in [2.05, 4.69) is 149 Å². The summed E-state index contributed by atoms with van der Waals surface area (Å²) in [6.45, 7) is 8.86. The van der Waals surface area contributed by atoms with Gasteiger partial charge >= 0.3 is 99.2 Å². The molecule has 1 unspecified atom stereocenters. The van der Waals surface area contributed by atoms with Gasteiger partial charge in [-0.05, 0) is 6.42 Å². The van der Waals surface area contributed by atoms with Crippen molar-refractivity contribution in [2.45, 2.75) is 34.1 Å². The number of halogens is 2. The van der Waals surface area contributed by atoms with Crippen LogP contribution in [0.1, 0.15) is 49.9 Å². The molecule has 0 heterocycles. The van der Waals surface area contributed by atoms with Crippen molar-refractivity contribution in [1.29, 1.82) is 0 Å². The Morgan fingerprint density at radius 2 is 1.28 bits per heavy atom. The third-order valence-electron chi connectivity index (χ3n) is 6.54. The maximum Gasteiger partial charge on any atom is -0.0253 e. The minimum Gasteiger partial charge on any atom is -0.179 e. The molecule has 0 radical (unpaired) electrons. The van der Waals surface area contributed by atoms with Gasteiger partial charge in [-0.3, -0.25) is 6.08 Å². The summed E-state index contributed by atoms with van der Waals surface area (Å²) in [6.07, 6.45) is 8.70. The Balaban J connectivity index is 0.000000203. The number of rotatable bonds is 2. The van der Waals surface area contributed by atoms with Crippen LogP contribution in [0.4, 0.5) is 0 Å². The van der Waals surface area contributed by atoms with Crippen LogP contribution >= 0.6 is 24.8 Å². The molecule has 3 heteroatoms. The number of fused-ring (bicyclic) bond motifs is 3. The van der Waals surface area contributed by atoms with Crippen molar-refractivity contribution in [2.75, 3.05) is 0 Å². The standard InChI is InChI=1S/C13H9.C13H10.C10H15.2ClH.Zr/c1-3-7-12-10(5-1)9-11-6-2-4-8-13(11)12;1-3-7-12(8-4-1)11-13-9-5-2-6-10-13;1-8-5-6-9(7-8)10(2,3)4;;;/h1-5,7-8H,9H2;1-10H;6-8H,1-4H3;2*1H;/q-1;;-1;;;+2. The molecule has 4 aromatic carbocycles. The molecule has 0 saturated heterocycles. The smallest absolute Gasteiger partial charge is 0.0253 e. The number of benzene rings is 4. The largest absolute Gasteiger partial charge is 0.179 e. The van der Waals surface area contributed by atoms with Gasteiger partial charge in [0.05, 0.1) is 0 Å². The van der Waals surface area contributed by atoms with Crippen LogP contribution in [-0.4, -0.2) is 3.21 Å². The molecule has 0 aromatic heterocycles. The molecule has 0 nitrogen and oxygen atoms in total. The molecular formula is C36H36Cl2Zr. The van der Waals surface area contributed by atoms with Crippen molar-refractivity contribution in [2.24, 2.45) is 11.3 Å². The van der Waals surface area contributed by atoms with E-state index in [1.807, 2.05) is 6.07 Å². The summed E-state index contributed by atoms with van der Waals surface area (Å²) in [7, 11) is 0. The molecule has 198 valence electrons. The fourth-order valence-corrected chi connectivity index (χ4v) is 5.25.